The number of ether oxygens (including phenoxy) is 1. The molecule has 0 bridgehead atoms. The van der Waals surface area contributed by atoms with Gasteiger partial charge in [0.2, 0.25) is 0 Å². The van der Waals surface area contributed by atoms with Crippen molar-refractivity contribution in [3.63, 3.8) is 0 Å². The molecule has 1 heterocycles. The van der Waals surface area contributed by atoms with Gasteiger partial charge in [-0.3, -0.25) is 9.36 Å². The van der Waals surface area contributed by atoms with Gasteiger partial charge in [-0.1, -0.05) is 70.9 Å². The van der Waals surface area contributed by atoms with Gasteiger partial charge in [-0.05, 0) is 55.8 Å². The lowest BCUT2D eigenvalue weighted by Crippen LogP contribution is -2.29. The van der Waals surface area contributed by atoms with E-state index in [1.807, 2.05) is 35.8 Å². The Balaban J connectivity index is 1.45. The Morgan fingerprint density at radius 1 is 1.00 bits per heavy atom. The van der Waals surface area contributed by atoms with E-state index in [2.05, 4.69) is 46.7 Å². The van der Waals surface area contributed by atoms with E-state index in [1.165, 1.54) is 16.7 Å². The highest BCUT2D eigenvalue weighted by molar-refractivity contribution is 7.98. The molecule has 0 fully saturated rings. The molecule has 1 aromatic heterocycles. The molecule has 3 aromatic carbocycles. The van der Waals surface area contributed by atoms with Gasteiger partial charge < -0.3 is 10.1 Å². The maximum atomic E-state index is 12.4. The highest BCUT2D eigenvalue weighted by Crippen LogP contribution is 2.26. The topological polar surface area (TPSA) is 69.0 Å². The number of hydrogen-bond acceptors (Lipinski definition) is 5. The molecule has 6 nitrogen and oxygen atoms in total. The second-order valence-corrected chi connectivity index (χ2v) is 9.25. The molecule has 0 aliphatic rings. The van der Waals surface area contributed by atoms with E-state index in [1.54, 1.807) is 36.0 Å². The summed E-state index contributed by atoms with van der Waals surface area (Å²) in [5, 5.41) is 13.0. The first kappa shape index (κ1) is 23.9. The molecule has 1 N–H and O–H groups in total. The second-order valence-electron chi connectivity index (χ2n) is 7.87. The van der Waals surface area contributed by atoms with Gasteiger partial charge in [-0.25, -0.2) is 0 Å². The van der Waals surface area contributed by atoms with Crippen LogP contribution < -0.4 is 10.1 Å². The number of rotatable bonds is 9. The Bertz CT molecular complexity index is 1260. The lowest BCUT2D eigenvalue weighted by molar-refractivity contribution is -0.123. The van der Waals surface area contributed by atoms with Gasteiger partial charge in [-0.2, -0.15) is 0 Å². The summed E-state index contributed by atoms with van der Waals surface area (Å²) < 4.78 is 7.51. The van der Waals surface area contributed by atoms with Gasteiger partial charge in [0.05, 0.1) is 6.54 Å². The van der Waals surface area contributed by atoms with Crippen LogP contribution in [0, 0.1) is 13.8 Å². The van der Waals surface area contributed by atoms with Crippen molar-refractivity contribution in [3.05, 3.63) is 100 Å². The van der Waals surface area contributed by atoms with E-state index in [0.29, 0.717) is 16.6 Å². The first-order chi connectivity index (χ1) is 16.5. The molecule has 1 amide bonds. The van der Waals surface area contributed by atoms with Gasteiger partial charge >= 0.3 is 0 Å². The molecule has 0 radical (unpaired) electrons. The SMILES string of the molecule is Cc1ccc(-n2c(CNC(=O)COc3ccc(Cl)cc3)nnc2SCc2cccc(C)c2)cc1. The zero-order valence-electron chi connectivity index (χ0n) is 19.0. The zero-order valence-corrected chi connectivity index (χ0v) is 20.6. The van der Waals surface area contributed by atoms with Crippen LogP contribution in [-0.2, 0) is 17.1 Å². The van der Waals surface area contributed by atoms with Gasteiger partial charge in [0.15, 0.2) is 17.6 Å². The molecule has 0 aliphatic carbocycles. The standard InChI is InChI=1S/C26H25ClN4O2S/c1-18-6-10-22(11-7-18)31-24(15-28-25(32)16-33-23-12-8-21(27)9-13-23)29-30-26(31)34-17-20-5-3-4-19(2)14-20/h3-14H,15-17H2,1-2H3,(H,28,32). The Labute approximate surface area is 208 Å². The Kier molecular flexibility index (Phi) is 7.87. The molecule has 0 spiro atoms. The number of carbonyl (C=O) groups is 1. The number of amides is 1. The molecular formula is C26H25ClN4O2S. The zero-order chi connectivity index (χ0) is 23.9. The van der Waals surface area contributed by atoms with Crippen LogP contribution in [0.4, 0.5) is 0 Å². The highest BCUT2D eigenvalue weighted by Gasteiger charge is 2.16. The minimum absolute atomic E-state index is 0.102. The van der Waals surface area contributed by atoms with Crippen LogP contribution in [0.3, 0.4) is 0 Å². The van der Waals surface area contributed by atoms with E-state index >= 15 is 0 Å². The fraction of sp³-hybridized carbons (Fsp3) is 0.192. The molecule has 0 unspecified atom stereocenters. The summed E-state index contributed by atoms with van der Waals surface area (Å²) in [7, 11) is 0. The minimum Gasteiger partial charge on any atom is -0.484 e. The number of aromatic nitrogens is 3. The third-order valence-corrected chi connectivity index (χ3v) is 6.32. The lowest BCUT2D eigenvalue weighted by atomic mass is 10.2. The summed E-state index contributed by atoms with van der Waals surface area (Å²) in [5.74, 6) is 1.75. The van der Waals surface area contributed by atoms with E-state index in [9.17, 15) is 4.79 Å². The average Bonchev–Trinajstić information content (AvgIpc) is 3.24. The fourth-order valence-corrected chi connectivity index (χ4v) is 4.36. The van der Waals surface area contributed by atoms with Gasteiger partial charge in [-0.15, -0.1) is 10.2 Å². The van der Waals surface area contributed by atoms with E-state index < -0.39 is 0 Å². The molecule has 0 saturated heterocycles. The summed E-state index contributed by atoms with van der Waals surface area (Å²) in [6, 6.07) is 23.5. The van der Waals surface area contributed by atoms with Crippen molar-refractivity contribution in [1.82, 2.24) is 20.1 Å². The Morgan fingerprint density at radius 3 is 2.50 bits per heavy atom. The van der Waals surface area contributed by atoms with Gasteiger partial charge in [0.1, 0.15) is 5.75 Å². The van der Waals surface area contributed by atoms with Crippen LogP contribution in [-0.4, -0.2) is 27.3 Å². The number of aryl methyl sites for hydroxylation is 2. The molecule has 4 aromatic rings. The summed E-state index contributed by atoms with van der Waals surface area (Å²) in [6.07, 6.45) is 0. The Morgan fingerprint density at radius 2 is 1.76 bits per heavy atom. The molecule has 34 heavy (non-hydrogen) atoms. The van der Waals surface area contributed by atoms with Crippen LogP contribution in [0.15, 0.2) is 78.0 Å². The van der Waals surface area contributed by atoms with Crippen LogP contribution >= 0.6 is 23.4 Å². The van der Waals surface area contributed by atoms with Crippen molar-refractivity contribution in [1.29, 1.82) is 0 Å². The van der Waals surface area contributed by atoms with Crippen molar-refractivity contribution >= 4 is 29.3 Å². The number of nitrogens with zero attached hydrogens (tertiary/aromatic N) is 3. The molecule has 174 valence electrons. The summed E-state index contributed by atoms with van der Waals surface area (Å²) in [4.78, 5) is 12.4. The fourth-order valence-electron chi connectivity index (χ4n) is 3.32. The van der Waals surface area contributed by atoms with Crippen LogP contribution in [0.5, 0.6) is 5.75 Å². The van der Waals surface area contributed by atoms with E-state index in [-0.39, 0.29) is 19.1 Å². The smallest absolute Gasteiger partial charge is 0.258 e. The van der Waals surface area contributed by atoms with Crippen LogP contribution in [0.1, 0.15) is 22.5 Å². The average molecular weight is 493 g/mol. The third kappa shape index (κ3) is 6.40. The number of hydrogen-bond donors (Lipinski definition) is 1. The highest BCUT2D eigenvalue weighted by atomic mass is 35.5. The van der Waals surface area contributed by atoms with Crippen molar-refractivity contribution in [2.45, 2.75) is 31.3 Å². The number of thioether (sulfide) groups is 1. The normalized spacial score (nSPS) is 10.8. The number of halogens is 1. The summed E-state index contributed by atoms with van der Waals surface area (Å²) >= 11 is 7.49. The van der Waals surface area contributed by atoms with E-state index in [4.69, 9.17) is 16.3 Å². The third-order valence-electron chi connectivity index (χ3n) is 5.07. The second kappa shape index (κ2) is 11.2. The summed E-state index contributed by atoms with van der Waals surface area (Å²) in [6.45, 7) is 4.26. The first-order valence-electron chi connectivity index (χ1n) is 10.8. The molecule has 4 rings (SSSR count). The predicted octanol–water partition coefficient (Wildman–Crippen LogP) is 5.53. The van der Waals surface area contributed by atoms with E-state index in [0.717, 1.165) is 16.6 Å². The number of benzene rings is 3. The van der Waals surface area contributed by atoms with Gasteiger partial charge in [0.25, 0.3) is 5.91 Å². The molecular weight excluding hydrogens is 468 g/mol. The Hall–Kier alpha value is -3.29. The van der Waals surface area contributed by atoms with Crippen molar-refractivity contribution in [2.75, 3.05) is 6.61 Å². The van der Waals surface area contributed by atoms with Crippen molar-refractivity contribution < 1.29 is 9.53 Å². The number of nitrogens with one attached hydrogen (secondary N) is 1. The largest absolute Gasteiger partial charge is 0.484 e. The first-order valence-corrected chi connectivity index (χ1v) is 12.2. The predicted molar refractivity (Wildman–Crippen MR) is 136 cm³/mol. The van der Waals surface area contributed by atoms with Crippen LogP contribution in [0.25, 0.3) is 5.69 Å². The van der Waals surface area contributed by atoms with Crippen LogP contribution in [0.2, 0.25) is 5.02 Å². The molecule has 0 saturated carbocycles. The van der Waals surface area contributed by atoms with Crippen molar-refractivity contribution in [3.8, 4) is 11.4 Å². The molecule has 0 aliphatic heterocycles. The summed E-state index contributed by atoms with van der Waals surface area (Å²) in [5.41, 5.74) is 4.56. The maximum absolute atomic E-state index is 12.4. The maximum Gasteiger partial charge on any atom is 0.258 e. The van der Waals surface area contributed by atoms with Crippen molar-refractivity contribution in [2.24, 2.45) is 0 Å². The monoisotopic (exact) mass is 492 g/mol. The minimum atomic E-state index is -0.248. The number of carbonyl (C=O) groups excluding carboxylic acids is 1. The lowest BCUT2D eigenvalue weighted by Gasteiger charge is -2.12. The van der Waals surface area contributed by atoms with Gasteiger partial charge in [0, 0.05) is 16.5 Å². The molecule has 8 heteroatoms. The molecule has 0 atom stereocenters. The quantitative estimate of drug-likeness (QED) is 0.311.